The average molecular weight is 717 g/mol. The summed E-state index contributed by atoms with van der Waals surface area (Å²) in [7, 11) is 5.49. The number of carbonyl (C=O) groups is 3. The molecule has 0 amide bonds. The van der Waals surface area contributed by atoms with Crippen LogP contribution < -0.4 is 0 Å². The Bertz CT molecular complexity index is 1020. The van der Waals surface area contributed by atoms with Gasteiger partial charge in [-0.2, -0.15) is 0 Å². The molecule has 0 aliphatic rings. The highest BCUT2D eigenvalue weighted by Gasteiger charge is 2.31. The van der Waals surface area contributed by atoms with E-state index in [1.807, 2.05) is 27.2 Å². The number of nitrogens with zero attached hydrogens (tertiary/aromatic N) is 1. The molecule has 2 unspecified atom stereocenters. The van der Waals surface area contributed by atoms with E-state index in [0.717, 1.165) is 70.6 Å². The molecule has 0 bridgehead atoms. The van der Waals surface area contributed by atoms with Crippen LogP contribution in [0.25, 0.3) is 0 Å². The molecule has 292 valence electrons. The van der Waals surface area contributed by atoms with Crippen LogP contribution in [0.15, 0.2) is 60.8 Å². The molecule has 0 aromatic heterocycles. The van der Waals surface area contributed by atoms with Gasteiger partial charge >= 0.3 is 17.9 Å². The third kappa shape index (κ3) is 32.7. The van der Waals surface area contributed by atoms with Gasteiger partial charge in [-0.15, -0.1) is 0 Å². The molecule has 0 aliphatic heterocycles. The smallest absolute Gasteiger partial charge is 0.362 e. The van der Waals surface area contributed by atoms with Gasteiger partial charge in [0.25, 0.3) is 0 Å². The molecule has 51 heavy (non-hydrogen) atoms. The van der Waals surface area contributed by atoms with Crippen molar-refractivity contribution in [3.8, 4) is 0 Å². The van der Waals surface area contributed by atoms with Crippen LogP contribution in [0.4, 0.5) is 0 Å². The number of carbonyl (C=O) groups excluding carboxylic acids is 2. The number of unbranched alkanes of at least 4 members (excludes halogenated alkanes) is 10. The predicted octanol–water partition coefficient (Wildman–Crippen LogP) is 10.2. The van der Waals surface area contributed by atoms with E-state index >= 15 is 0 Å². The molecular formula is C43H74NO7+. The van der Waals surface area contributed by atoms with Crippen LogP contribution in [0.3, 0.4) is 0 Å². The lowest BCUT2D eigenvalue weighted by Gasteiger charge is -2.31. The van der Waals surface area contributed by atoms with Gasteiger partial charge in [-0.25, -0.2) is 4.79 Å². The minimum absolute atomic E-state index is 0.0411. The molecule has 0 fully saturated rings. The monoisotopic (exact) mass is 717 g/mol. The Morgan fingerprint density at radius 3 is 1.73 bits per heavy atom. The van der Waals surface area contributed by atoms with Crippen molar-refractivity contribution in [2.75, 3.05) is 41.0 Å². The number of rotatable bonds is 34. The van der Waals surface area contributed by atoms with Crippen LogP contribution in [0.2, 0.25) is 0 Å². The Balaban J connectivity index is 4.39. The van der Waals surface area contributed by atoms with Crippen molar-refractivity contribution in [2.24, 2.45) is 0 Å². The largest absolute Gasteiger partial charge is 0.477 e. The maximum atomic E-state index is 12.7. The fraction of sp³-hybridized carbons (Fsp3) is 0.698. The van der Waals surface area contributed by atoms with Gasteiger partial charge in [0.1, 0.15) is 6.61 Å². The number of quaternary nitrogens is 1. The van der Waals surface area contributed by atoms with Gasteiger partial charge in [-0.05, 0) is 64.2 Å². The van der Waals surface area contributed by atoms with Crippen LogP contribution in [0.5, 0.6) is 0 Å². The lowest BCUT2D eigenvalue weighted by molar-refractivity contribution is -0.887. The standard InChI is InChI=1S/C43H73NO7/c1-6-8-10-12-14-16-17-18-19-20-21-22-23-24-25-26-28-30-32-34-42(46)51-39(37-49-36-35-40(43(47)48)44(3,4)5)38-50-41(45)33-31-29-27-15-13-11-9-7-2/h8,10,14,16,18-19,21-22,27,29,39-40H,6-7,9,11-13,15,17,20,23-26,28,30-38H2,1-5H3/p+1/b10-8+,16-14+,19-18+,22-21+,29-27+. The SMILES string of the molecule is CC/C=C/C/C=C/C/C=C/C/C=C/CCCCCCCCC(=O)OC(COCCC(C(=O)O)[N+](C)(C)C)COC(=O)CC/C=C/CCCCCC. The van der Waals surface area contributed by atoms with Crippen molar-refractivity contribution in [3.05, 3.63) is 60.8 Å². The predicted molar refractivity (Wildman–Crippen MR) is 211 cm³/mol. The molecule has 0 saturated carbocycles. The van der Waals surface area contributed by atoms with E-state index in [0.29, 0.717) is 19.3 Å². The lowest BCUT2D eigenvalue weighted by Crippen LogP contribution is -2.50. The van der Waals surface area contributed by atoms with Gasteiger partial charge in [0.2, 0.25) is 0 Å². The van der Waals surface area contributed by atoms with Crippen LogP contribution in [0.1, 0.15) is 142 Å². The number of esters is 2. The number of ether oxygens (including phenoxy) is 3. The Labute approximate surface area is 311 Å². The summed E-state index contributed by atoms with van der Waals surface area (Å²) in [6.07, 6.45) is 40.0. The topological polar surface area (TPSA) is 99.1 Å². The van der Waals surface area contributed by atoms with Crippen molar-refractivity contribution in [1.82, 2.24) is 0 Å². The molecule has 8 nitrogen and oxygen atoms in total. The minimum Gasteiger partial charge on any atom is -0.477 e. The number of aliphatic carboxylic acids is 1. The minimum atomic E-state index is -0.885. The third-order valence-corrected chi connectivity index (χ3v) is 8.41. The number of hydrogen-bond donors (Lipinski definition) is 1. The van der Waals surface area contributed by atoms with E-state index in [-0.39, 0.29) is 42.7 Å². The summed E-state index contributed by atoms with van der Waals surface area (Å²) in [5.74, 6) is -1.56. The van der Waals surface area contributed by atoms with Gasteiger partial charge in [0.05, 0.1) is 34.4 Å². The first-order valence-electron chi connectivity index (χ1n) is 19.8. The van der Waals surface area contributed by atoms with Crippen molar-refractivity contribution >= 4 is 17.9 Å². The summed E-state index contributed by atoms with van der Waals surface area (Å²) in [5.41, 5.74) is 0. The Morgan fingerprint density at radius 1 is 0.608 bits per heavy atom. The van der Waals surface area contributed by atoms with E-state index in [1.165, 1.54) is 32.1 Å². The number of allylic oxidation sites excluding steroid dienone is 10. The van der Waals surface area contributed by atoms with E-state index in [1.54, 1.807) is 0 Å². The van der Waals surface area contributed by atoms with Crippen molar-refractivity contribution < 1.29 is 38.2 Å². The normalized spacial score (nSPS) is 13.7. The van der Waals surface area contributed by atoms with Crippen molar-refractivity contribution in [1.29, 1.82) is 0 Å². The molecule has 2 atom stereocenters. The highest BCUT2D eigenvalue weighted by Crippen LogP contribution is 2.12. The van der Waals surface area contributed by atoms with Crippen molar-refractivity contribution in [2.45, 2.75) is 154 Å². The molecular weight excluding hydrogens is 642 g/mol. The average Bonchev–Trinajstić information content (AvgIpc) is 3.08. The summed E-state index contributed by atoms with van der Waals surface area (Å²) >= 11 is 0. The molecule has 0 radical (unpaired) electrons. The number of carboxylic acid groups (broad SMARTS) is 1. The Morgan fingerprint density at radius 2 is 1.14 bits per heavy atom. The molecule has 0 aliphatic carbocycles. The maximum Gasteiger partial charge on any atom is 0.362 e. The molecule has 0 heterocycles. The zero-order valence-corrected chi connectivity index (χ0v) is 33.0. The van der Waals surface area contributed by atoms with Crippen LogP contribution in [-0.4, -0.2) is 80.6 Å². The first kappa shape index (κ1) is 48.0. The van der Waals surface area contributed by atoms with Gasteiger partial charge in [-0.3, -0.25) is 9.59 Å². The second kappa shape index (κ2) is 34.1. The van der Waals surface area contributed by atoms with Gasteiger partial charge in [-0.1, -0.05) is 120 Å². The van der Waals surface area contributed by atoms with Crippen LogP contribution in [0, 0.1) is 0 Å². The lowest BCUT2D eigenvalue weighted by atomic mass is 10.1. The van der Waals surface area contributed by atoms with E-state index < -0.39 is 18.1 Å². The quantitative estimate of drug-likeness (QED) is 0.0306. The second-order valence-corrected chi connectivity index (χ2v) is 14.1. The summed E-state index contributed by atoms with van der Waals surface area (Å²) in [4.78, 5) is 36.7. The molecule has 0 saturated heterocycles. The second-order valence-electron chi connectivity index (χ2n) is 14.1. The zero-order chi connectivity index (χ0) is 37.8. The molecule has 8 heteroatoms. The summed E-state index contributed by atoms with van der Waals surface area (Å²) in [6.45, 7) is 4.50. The number of likely N-dealkylation sites (N-methyl/N-ethyl adjacent to an activating group) is 1. The highest BCUT2D eigenvalue weighted by atomic mass is 16.6. The first-order valence-corrected chi connectivity index (χ1v) is 19.8. The summed E-state index contributed by atoms with van der Waals surface area (Å²) in [5, 5.41) is 9.58. The molecule has 0 spiro atoms. The van der Waals surface area contributed by atoms with Crippen LogP contribution in [-0.2, 0) is 28.6 Å². The Kier molecular flexibility index (Phi) is 32.1. The van der Waals surface area contributed by atoms with Crippen LogP contribution >= 0.6 is 0 Å². The van der Waals surface area contributed by atoms with Gasteiger partial charge in [0.15, 0.2) is 12.1 Å². The Hall–Kier alpha value is -2.97. The number of hydrogen-bond acceptors (Lipinski definition) is 6. The van der Waals surface area contributed by atoms with Gasteiger partial charge < -0.3 is 23.8 Å². The molecule has 0 aromatic rings. The molecule has 0 rings (SSSR count). The number of carboxylic acids is 1. The zero-order valence-electron chi connectivity index (χ0n) is 33.0. The fourth-order valence-electron chi connectivity index (χ4n) is 5.33. The maximum absolute atomic E-state index is 12.7. The van der Waals surface area contributed by atoms with E-state index in [9.17, 15) is 19.5 Å². The van der Waals surface area contributed by atoms with Crippen molar-refractivity contribution in [3.63, 3.8) is 0 Å². The fourth-order valence-corrected chi connectivity index (χ4v) is 5.33. The molecule has 0 aromatic carbocycles. The molecule has 1 N–H and O–H groups in total. The summed E-state index contributed by atoms with van der Waals surface area (Å²) < 4.78 is 17.1. The summed E-state index contributed by atoms with van der Waals surface area (Å²) in [6, 6.07) is -0.622. The van der Waals surface area contributed by atoms with E-state index in [2.05, 4.69) is 68.5 Å². The first-order chi connectivity index (χ1) is 24.6. The van der Waals surface area contributed by atoms with E-state index in [4.69, 9.17) is 14.2 Å². The third-order valence-electron chi connectivity index (χ3n) is 8.41. The highest BCUT2D eigenvalue weighted by molar-refractivity contribution is 5.72. The van der Waals surface area contributed by atoms with Gasteiger partial charge in [0, 0.05) is 19.3 Å².